The largest absolute Gasteiger partial charge is 0.379 e. The molecule has 0 saturated carbocycles. The number of nitrogens with one attached hydrogen (secondary N) is 2. The molecule has 2 rings (SSSR count). The van der Waals surface area contributed by atoms with Crippen molar-refractivity contribution >= 4 is 36.4 Å². The second-order valence-corrected chi connectivity index (χ2v) is 5.02. The summed E-state index contributed by atoms with van der Waals surface area (Å²) in [6.07, 6.45) is 0. The van der Waals surface area contributed by atoms with Gasteiger partial charge in [-0.25, -0.2) is 0 Å². The van der Waals surface area contributed by atoms with Gasteiger partial charge in [-0.3, -0.25) is 9.69 Å². The van der Waals surface area contributed by atoms with Crippen molar-refractivity contribution in [2.45, 2.75) is 13.0 Å². The predicted molar refractivity (Wildman–Crippen MR) is 94.3 cm³/mol. The average Bonchev–Trinajstić information content (AvgIpc) is 2.52. The number of halogens is 2. The Kier molecular flexibility index (Phi) is 11.0. The third-order valence-electron chi connectivity index (χ3n) is 3.49. The summed E-state index contributed by atoms with van der Waals surface area (Å²) in [5.41, 5.74) is 0.962. The minimum atomic E-state index is 0. The summed E-state index contributed by atoms with van der Waals surface area (Å²) in [6.45, 7) is 6.58. The van der Waals surface area contributed by atoms with E-state index in [-0.39, 0.29) is 30.7 Å². The number of hydrogen-bond acceptors (Lipinski definition) is 4. The van der Waals surface area contributed by atoms with Gasteiger partial charge < -0.3 is 15.4 Å². The number of carbonyl (C=O) groups excluding carboxylic acids is 1. The van der Waals surface area contributed by atoms with E-state index in [1.165, 1.54) is 0 Å². The van der Waals surface area contributed by atoms with Crippen molar-refractivity contribution in [3.8, 4) is 0 Å². The first-order chi connectivity index (χ1) is 9.75. The van der Waals surface area contributed by atoms with Gasteiger partial charge in [0.2, 0.25) is 5.91 Å². The van der Waals surface area contributed by atoms with Crippen LogP contribution in [0.5, 0.6) is 0 Å². The van der Waals surface area contributed by atoms with Crippen LogP contribution in [0.4, 0.5) is 5.69 Å². The topological polar surface area (TPSA) is 53.6 Å². The molecule has 1 aromatic carbocycles. The van der Waals surface area contributed by atoms with Crippen molar-refractivity contribution in [2.75, 3.05) is 44.7 Å². The van der Waals surface area contributed by atoms with E-state index < -0.39 is 0 Å². The van der Waals surface area contributed by atoms with Gasteiger partial charge in [-0.05, 0) is 19.1 Å². The van der Waals surface area contributed by atoms with Gasteiger partial charge >= 0.3 is 0 Å². The van der Waals surface area contributed by atoms with Gasteiger partial charge in [0, 0.05) is 31.4 Å². The van der Waals surface area contributed by atoms with Crippen LogP contribution in [0, 0.1) is 0 Å². The fraction of sp³-hybridized carbons (Fsp3) is 0.533. The van der Waals surface area contributed by atoms with Crippen LogP contribution in [-0.4, -0.2) is 56.2 Å². The molecular formula is C15H25Cl2N3O2. The monoisotopic (exact) mass is 349 g/mol. The van der Waals surface area contributed by atoms with Gasteiger partial charge in [-0.2, -0.15) is 0 Å². The zero-order valence-electron chi connectivity index (χ0n) is 12.8. The van der Waals surface area contributed by atoms with Crippen LogP contribution in [0.1, 0.15) is 6.92 Å². The molecule has 1 amide bonds. The first kappa shape index (κ1) is 21.0. The number of ether oxygens (including phenoxy) is 1. The minimum absolute atomic E-state index is 0. The molecule has 126 valence electrons. The molecule has 1 atom stereocenters. The number of nitrogens with zero attached hydrogens (tertiary/aromatic N) is 1. The number of carbonyl (C=O) groups is 1. The van der Waals surface area contributed by atoms with Crippen molar-refractivity contribution < 1.29 is 9.53 Å². The van der Waals surface area contributed by atoms with Gasteiger partial charge in [-0.15, -0.1) is 24.8 Å². The maximum absolute atomic E-state index is 11.8. The lowest BCUT2D eigenvalue weighted by Gasteiger charge is -2.32. The van der Waals surface area contributed by atoms with E-state index in [0.29, 0.717) is 19.1 Å². The summed E-state index contributed by atoms with van der Waals surface area (Å²) >= 11 is 0. The summed E-state index contributed by atoms with van der Waals surface area (Å²) in [6, 6.07) is 10.1. The van der Waals surface area contributed by atoms with Crippen molar-refractivity contribution in [1.29, 1.82) is 0 Å². The van der Waals surface area contributed by atoms with Crippen LogP contribution in [0.25, 0.3) is 0 Å². The zero-order valence-corrected chi connectivity index (χ0v) is 14.4. The van der Waals surface area contributed by atoms with Gasteiger partial charge in [0.05, 0.1) is 19.8 Å². The van der Waals surface area contributed by atoms with Crippen LogP contribution in [0.3, 0.4) is 0 Å². The van der Waals surface area contributed by atoms with Crippen molar-refractivity contribution in [2.24, 2.45) is 0 Å². The highest BCUT2D eigenvalue weighted by Gasteiger charge is 2.17. The molecular weight excluding hydrogens is 325 g/mol. The molecule has 1 aliphatic heterocycles. The number of benzene rings is 1. The number of hydrogen-bond donors (Lipinski definition) is 2. The Balaban J connectivity index is 0.00000220. The summed E-state index contributed by atoms with van der Waals surface area (Å²) in [4.78, 5) is 14.1. The van der Waals surface area contributed by atoms with E-state index >= 15 is 0 Å². The first-order valence-electron chi connectivity index (χ1n) is 7.13. The maximum atomic E-state index is 11.8. The summed E-state index contributed by atoms with van der Waals surface area (Å²) in [5, 5.41) is 6.07. The third-order valence-corrected chi connectivity index (χ3v) is 3.49. The maximum Gasteiger partial charge on any atom is 0.239 e. The van der Waals surface area contributed by atoms with Gasteiger partial charge in [0.25, 0.3) is 0 Å². The highest BCUT2D eigenvalue weighted by molar-refractivity contribution is 5.85. The lowest BCUT2D eigenvalue weighted by atomic mass is 10.2. The Morgan fingerprint density at radius 3 is 2.50 bits per heavy atom. The number of amides is 1. The number of rotatable bonds is 6. The smallest absolute Gasteiger partial charge is 0.239 e. The Morgan fingerprint density at radius 1 is 1.23 bits per heavy atom. The molecule has 0 aliphatic carbocycles. The molecule has 7 heteroatoms. The Morgan fingerprint density at radius 2 is 1.86 bits per heavy atom. The van der Waals surface area contributed by atoms with E-state index in [2.05, 4.69) is 22.5 Å². The number of anilines is 1. The molecule has 1 fully saturated rings. The minimum Gasteiger partial charge on any atom is -0.379 e. The Labute approximate surface area is 144 Å². The molecule has 22 heavy (non-hydrogen) atoms. The second kappa shape index (κ2) is 11.5. The summed E-state index contributed by atoms with van der Waals surface area (Å²) in [5.74, 6) is 0.0222. The first-order valence-corrected chi connectivity index (χ1v) is 7.13. The van der Waals surface area contributed by atoms with E-state index in [9.17, 15) is 4.79 Å². The lowest BCUT2D eigenvalue weighted by molar-refractivity contribution is -0.119. The van der Waals surface area contributed by atoms with Gasteiger partial charge in [0.15, 0.2) is 0 Å². The molecule has 0 aromatic heterocycles. The third kappa shape index (κ3) is 7.31. The van der Waals surface area contributed by atoms with Crippen LogP contribution < -0.4 is 10.6 Å². The molecule has 5 nitrogen and oxygen atoms in total. The SMILES string of the molecule is CC(CNC(=O)CNc1ccccc1)N1CCOCC1.Cl.Cl. The summed E-state index contributed by atoms with van der Waals surface area (Å²) in [7, 11) is 0. The van der Waals surface area contributed by atoms with Crippen molar-refractivity contribution in [3.63, 3.8) is 0 Å². The Bertz CT molecular complexity index is 415. The van der Waals surface area contributed by atoms with Crippen LogP contribution in [0.2, 0.25) is 0 Å². The van der Waals surface area contributed by atoms with E-state index in [1.54, 1.807) is 0 Å². The molecule has 1 heterocycles. The molecule has 1 unspecified atom stereocenters. The zero-order chi connectivity index (χ0) is 14.2. The highest BCUT2D eigenvalue weighted by Crippen LogP contribution is 2.04. The number of para-hydroxylation sites is 1. The fourth-order valence-corrected chi connectivity index (χ4v) is 2.21. The normalized spacial score (nSPS) is 15.9. The van der Waals surface area contributed by atoms with Crippen LogP contribution in [0.15, 0.2) is 30.3 Å². The molecule has 1 aromatic rings. The molecule has 0 radical (unpaired) electrons. The molecule has 0 spiro atoms. The van der Waals surface area contributed by atoms with E-state index in [0.717, 1.165) is 32.0 Å². The van der Waals surface area contributed by atoms with Crippen LogP contribution in [-0.2, 0) is 9.53 Å². The predicted octanol–water partition coefficient (Wildman–Crippen LogP) is 1.78. The molecule has 2 N–H and O–H groups in total. The summed E-state index contributed by atoms with van der Waals surface area (Å²) < 4.78 is 5.32. The van der Waals surface area contributed by atoms with Gasteiger partial charge in [-0.1, -0.05) is 18.2 Å². The van der Waals surface area contributed by atoms with Crippen molar-refractivity contribution in [1.82, 2.24) is 10.2 Å². The quantitative estimate of drug-likeness (QED) is 0.821. The average molecular weight is 350 g/mol. The fourth-order valence-electron chi connectivity index (χ4n) is 2.21. The van der Waals surface area contributed by atoms with Gasteiger partial charge in [0.1, 0.15) is 0 Å². The standard InChI is InChI=1S/C15H23N3O2.2ClH/c1-13(18-7-9-20-10-8-18)11-17-15(19)12-16-14-5-3-2-4-6-14;;/h2-6,13,16H,7-12H2,1H3,(H,17,19);2*1H. The second-order valence-electron chi connectivity index (χ2n) is 5.02. The highest BCUT2D eigenvalue weighted by atomic mass is 35.5. The van der Waals surface area contributed by atoms with Crippen LogP contribution >= 0.6 is 24.8 Å². The number of morpholine rings is 1. The molecule has 1 aliphatic rings. The van der Waals surface area contributed by atoms with E-state index in [4.69, 9.17) is 4.74 Å². The van der Waals surface area contributed by atoms with E-state index in [1.807, 2.05) is 30.3 Å². The molecule has 0 bridgehead atoms. The molecule has 1 saturated heterocycles. The van der Waals surface area contributed by atoms with Crippen molar-refractivity contribution in [3.05, 3.63) is 30.3 Å². The Hall–Kier alpha value is -1.01. The lowest BCUT2D eigenvalue weighted by Crippen LogP contribution is -2.47.